The quantitative estimate of drug-likeness (QED) is 0.901. The highest BCUT2D eigenvalue weighted by Gasteiger charge is 2.20. The van der Waals surface area contributed by atoms with Gasteiger partial charge in [-0.25, -0.2) is 4.79 Å². The number of nitrogens with one attached hydrogen (secondary N) is 1. The topological polar surface area (TPSA) is 35.6 Å². The third kappa shape index (κ3) is 4.10. The van der Waals surface area contributed by atoms with Gasteiger partial charge in [-0.3, -0.25) is 4.90 Å². The molecule has 0 atom stereocenters. The van der Waals surface area contributed by atoms with E-state index in [0.717, 1.165) is 32.7 Å². The largest absolute Gasteiger partial charge is 0.322 e. The second kappa shape index (κ2) is 6.38. The van der Waals surface area contributed by atoms with Gasteiger partial charge in [0.1, 0.15) is 0 Å². The minimum atomic E-state index is -0.0353. The van der Waals surface area contributed by atoms with E-state index in [-0.39, 0.29) is 6.03 Å². The summed E-state index contributed by atoms with van der Waals surface area (Å²) >= 11 is 0. The van der Waals surface area contributed by atoms with Crippen molar-refractivity contribution in [2.75, 3.05) is 26.2 Å². The number of nitrogens with zero attached hydrogens (tertiary/aromatic N) is 2. The fourth-order valence-electron chi connectivity index (χ4n) is 2.21. The first-order chi connectivity index (χ1) is 9.15. The van der Waals surface area contributed by atoms with Crippen LogP contribution in [-0.2, 0) is 6.54 Å². The lowest BCUT2D eigenvalue weighted by atomic mass is 10.2. The Balaban J connectivity index is 1.79. The molecule has 4 nitrogen and oxygen atoms in total. The first kappa shape index (κ1) is 13.6. The maximum Gasteiger partial charge on any atom is 0.321 e. The summed E-state index contributed by atoms with van der Waals surface area (Å²) in [4.78, 5) is 16.0. The van der Waals surface area contributed by atoms with Crippen LogP contribution in [0.2, 0.25) is 0 Å². The molecule has 0 radical (unpaired) electrons. The number of urea groups is 1. The van der Waals surface area contributed by atoms with Gasteiger partial charge in [0.05, 0.1) is 0 Å². The third-order valence-electron chi connectivity index (χ3n) is 3.23. The summed E-state index contributed by atoms with van der Waals surface area (Å²) in [6.07, 6.45) is 0. The van der Waals surface area contributed by atoms with Gasteiger partial charge < -0.3 is 10.2 Å². The Morgan fingerprint density at radius 1 is 1.21 bits per heavy atom. The first-order valence-electron chi connectivity index (χ1n) is 6.63. The smallest absolute Gasteiger partial charge is 0.321 e. The molecule has 0 saturated carbocycles. The minimum Gasteiger partial charge on any atom is -0.322 e. The van der Waals surface area contributed by atoms with E-state index >= 15 is 0 Å². The molecule has 1 fully saturated rings. The zero-order valence-electron chi connectivity index (χ0n) is 11.4. The van der Waals surface area contributed by atoms with E-state index in [1.165, 1.54) is 5.56 Å². The lowest BCUT2D eigenvalue weighted by Crippen LogP contribution is -2.51. The summed E-state index contributed by atoms with van der Waals surface area (Å²) < 4.78 is 0. The number of amides is 2. The molecule has 19 heavy (non-hydrogen) atoms. The Morgan fingerprint density at radius 2 is 1.84 bits per heavy atom. The van der Waals surface area contributed by atoms with E-state index in [4.69, 9.17) is 0 Å². The van der Waals surface area contributed by atoms with Crippen molar-refractivity contribution in [3.8, 4) is 0 Å². The molecule has 2 rings (SSSR count). The number of allylic oxidation sites excluding steroid dienone is 1. The van der Waals surface area contributed by atoms with Gasteiger partial charge >= 0.3 is 6.03 Å². The van der Waals surface area contributed by atoms with E-state index in [2.05, 4.69) is 41.1 Å². The second-order valence-corrected chi connectivity index (χ2v) is 4.96. The normalized spacial score (nSPS) is 16.2. The highest BCUT2D eigenvalue weighted by atomic mass is 16.2. The Morgan fingerprint density at radius 3 is 2.42 bits per heavy atom. The van der Waals surface area contributed by atoms with Gasteiger partial charge in [-0.15, -0.1) is 0 Å². The maximum atomic E-state index is 11.8. The van der Waals surface area contributed by atoms with Crippen LogP contribution in [0, 0.1) is 0 Å². The van der Waals surface area contributed by atoms with Crippen molar-refractivity contribution in [2.24, 2.45) is 0 Å². The van der Waals surface area contributed by atoms with Crippen molar-refractivity contribution >= 4 is 6.03 Å². The Bertz CT molecular complexity index is 436. The molecule has 4 heteroatoms. The van der Waals surface area contributed by atoms with Gasteiger partial charge in [-0.1, -0.05) is 36.9 Å². The van der Waals surface area contributed by atoms with Gasteiger partial charge in [-0.05, 0) is 12.5 Å². The van der Waals surface area contributed by atoms with Crippen LogP contribution in [0.4, 0.5) is 4.79 Å². The standard InChI is InChI=1S/C15H21N3O/c1-13(2)16-15(19)18-10-8-17(9-11-18)12-14-6-4-3-5-7-14/h3-7H,1,8-12H2,2H3,(H,16,19). The molecule has 1 aromatic carbocycles. The van der Waals surface area contributed by atoms with Gasteiger partial charge in [0.15, 0.2) is 0 Å². The molecule has 1 heterocycles. The number of carbonyl (C=O) groups excluding carboxylic acids is 1. The number of hydrogen-bond acceptors (Lipinski definition) is 2. The number of piperazine rings is 1. The molecular formula is C15H21N3O. The Hall–Kier alpha value is -1.81. The van der Waals surface area contributed by atoms with Crippen molar-refractivity contribution in [1.29, 1.82) is 0 Å². The monoisotopic (exact) mass is 259 g/mol. The van der Waals surface area contributed by atoms with E-state index in [1.807, 2.05) is 11.0 Å². The second-order valence-electron chi connectivity index (χ2n) is 4.96. The molecule has 1 aromatic rings. The van der Waals surface area contributed by atoms with E-state index < -0.39 is 0 Å². The molecule has 0 aliphatic carbocycles. The molecule has 1 aliphatic heterocycles. The van der Waals surface area contributed by atoms with Crippen molar-refractivity contribution in [3.05, 3.63) is 48.2 Å². The van der Waals surface area contributed by atoms with Crippen LogP contribution in [-0.4, -0.2) is 42.0 Å². The molecule has 0 aromatic heterocycles. The van der Waals surface area contributed by atoms with Gasteiger partial charge in [-0.2, -0.15) is 0 Å². The summed E-state index contributed by atoms with van der Waals surface area (Å²) in [5.41, 5.74) is 2.01. The van der Waals surface area contributed by atoms with Gasteiger partial charge in [0, 0.05) is 38.4 Å². The summed E-state index contributed by atoms with van der Waals surface area (Å²) in [7, 11) is 0. The number of benzene rings is 1. The Kier molecular flexibility index (Phi) is 4.58. The predicted molar refractivity (Wildman–Crippen MR) is 76.6 cm³/mol. The molecule has 1 N–H and O–H groups in total. The molecule has 1 aliphatic rings. The Labute approximate surface area is 114 Å². The highest BCUT2D eigenvalue weighted by Crippen LogP contribution is 2.08. The molecule has 1 saturated heterocycles. The number of hydrogen-bond donors (Lipinski definition) is 1. The highest BCUT2D eigenvalue weighted by molar-refractivity contribution is 5.75. The summed E-state index contributed by atoms with van der Waals surface area (Å²) in [5, 5.41) is 2.75. The van der Waals surface area contributed by atoms with E-state index in [1.54, 1.807) is 6.92 Å². The van der Waals surface area contributed by atoms with Crippen LogP contribution >= 0.6 is 0 Å². The lowest BCUT2D eigenvalue weighted by Gasteiger charge is -2.34. The fraction of sp³-hybridized carbons (Fsp3) is 0.400. The van der Waals surface area contributed by atoms with Crippen molar-refractivity contribution in [1.82, 2.24) is 15.1 Å². The predicted octanol–water partition coefficient (Wildman–Crippen LogP) is 2.05. The molecule has 2 amide bonds. The lowest BCUT2D eigenvalue weighted by molar-refractivity contribution is 0.137. The van der Waals surface area contributed by atoms with Crippen LogP contribution in [0.15, 0.2) is 42.6 Å². The molecule has 0 bridgehead atoms. The zero-order valence-corrected chi connectivity index (χ0v) is 11.4. The van der Waals surface area contributed by atoms with Crippen LogP contribution in [0.25, 0.3) is 0 Å². The summed E-state index contributed by atoms with van der Waals surface area (Å²) in [5.74, 6) is 0. The number of rotatable bonds is 3. The van der Waals surface area contributed by atoms with Crippen LogP contribution in [0.5, 0.6) is 0 Å². The van der Waals surface area contributed by atoms with Crippen molar-refractivity contribution in [2.45, 2.75) is 13.5 Å². The average molecular weight is 259 g/mol. The van der Waals surface area contributed by atoms with Crippen LogP contribution in [0.1, 0.15) is 12.5 Å². The molecule has 102 valence electrons. The number of carbonyl (C=O) groups is 1. The van der Waals surface area contributed by atoms with Gasteiger partial charge in [0.25, 0.3) is 0 Å². The van der Waals surface area contributed by atoms with Crippen molar-refractivity contribution in [3.63, 3.8) is 0 Å². The third-order valence-corrected chi connectivity index (χ3v) is 3.23. The minimum absolute atomic E-state index is 0.0353. The molecule has 0 spiro atoms. The molecule has 0 unspecified atom stereocenters. The molecular weight excluding hydrogens is 238 g/mol. The fourth-order valence-corrected chi connectivity index (χ4v) is 2.21. The van der Waals surface area contributed by atoms with Crippen LogP contribution < -0.4 is 5.32 Å². The first-order valence-corrected chi connectivity index (χ1v) is 6.63. The van der Waals surface area contributed by atoms with Crippen molar-refractivity contribution < 1.29 is 4.79 Å². The van der Waals surface area contributed by atoms with E-state index in [0.29, 0.717) is 5.70 Å². The summed E-state index contributed by atoms with van der Waals surface area (Å²) in [6, 6.07) is 10.4. The van der Waals surface area contributed by atoms with Gasteiger partial charge in [0.2, 0.25) is 0 Å². The SMILES string of the molecule is C=C(C)NC(=O)N1CCN(Cc2ccccc2)CC1. The zero-order chi connectivity index (χ0) is 13.7. The maximum absolute atomic E-state index is 11.8. The summed E-state index contributed by atoms with van der Waals surface area (Å²) in [6.45, 7) is 9.81. The average Bonchev–Trinajstić information content (AvgIpc) is 2.40. The van der Waals surface area contributed by atoms with Crippen LogP contribution in [0.3, 0.4) is 0 Å². The van der Waals surface area contributed by atoms with E-state index in [9.17, 15) is 4.79 Å².